The van der Waals surface area contributed by atoms with Crippen molar-refractivity contribution in [3.8, 4) is 5.75 Å². The Labute approximate surface area is 142 Å². The van der Waals surface area contributed by atoms with Crippen LogP contribution in [0.5, 0.6) is 5.75 Å². The lowest BCUT2D eigenvalue weighted by atomic mass is 9.97. The second-order valence-corrected chi connectivity index (χ2v) is 6.56. The van der Waals surface area contributed by atoms with Gasteiger partial charge in [-0.05, 0) is 60.2 Å². The van der Waals surface area contributed by atoms with Crippen LogP contribution in [0.2, 0.25) is 0 Å². The second-order valence-electron chi connectivity index (χ2n) is 5.14. The summed E-state index contributed by atoms with van der Waals surface area (Å²) in [5, 5.41) is 0.593. The highest BCUT2D eigenvalue weighted by molar-refractivity contribution is 9.10. The van der Waals surface area contributed by atoms with Gasteiger partial charge in [-0.3, -0.25) is 0 Å². The van der Waals surface area contributed by atoms with E-state index in [4.69, 9.17) is 9.47 Å². The van der Waals surface area contributed by atoms with Crippen molar-refractivity contribution in [1.82, 2.24) is 0 Å². The maximum absolute atomic E-state index is 12.3. The van der Waals surface area contributed by atoms with Crippen molar-refractivity contribution >= 4 is 37.8 Å². The zero-order chi connectivity index (χ0) is 15.2. The van der Waals surface area contributed by atoms with Crippen molar-refractivity contribution in [2.45, 2.75) is 50.5 Å². The summed E-state index contributed by atoms with van der Waals surface area (Å²) in [6.45, 7) is 2.17. The molecule has 2 rings (SSSR count). The van der Waals surface area contributed by atoms with E-state index in [9.17, 15) is 4.79 Å². The van der Waals surface area contributed by atoms with Crippen molar-refractivity contribution in [3.63, 3.8) is 0 Å². The Morgan fingerprint density at radius 2 is 2.00 bits per heavy atom. The Morgan fingerprint density at radius 1 is 1.29 bits per heavy atom. The predicted octanol–water partition coefficient (Wildman–Crippen LogP) is 5.23. The van der Waals surface area contributed by atoms with Crippen molar-refractivity contribution in [3.05, 3.63) is 27.7 Å². The lowest BCUT2D eigenvalue weighted by Crippen LogP contribution is -2.22. The fourth-order valence-electron chi connectivity index (χ4n) is 2.60. The summed E-state index contributed by atoms with van der Waals surface area (Å²) in [5.41, 5.74) is 1.43. The molecule has 0 unspecified atom stereocenters. The third-order valence-electron chi connectivity index (χ3n) is 3.66. The second kappa shape index (κ2) is 8.18. The van der Waals surface area contributed by atoms with Crippen molar-refractivity contribution in [1.29, 1.82) is 0 Å². The van der Waals surface area contributed by atoms with Crippen LogP contribution in [-0.2, 0) is 10.1 Å². The van der Waals surface area contributed by atoms with Crippen LogP contribution in [-0.4, -0.2) is 18.7 Å². The van der Waals surface area contributed by atoms with Crippen molar-refractivity contribution in [2.24, 2.45) is 0 Å². The fraction of sp³-hybridized carbons (Fsp3) is 0.562. The van der Waals surface area contributed by atoms with E-state index in [-0.39, 0.29) is 12.1 Å². The molecule has 0 atom stereocenters. The number of rotatable bonds is 5. The Morgan fingerprint density at radius 3 is 2.62 bits per heavy atom. The molecule has 0 bridgehead atoms. The molecule has 0 radical (unpaired) electrons. The van der Waals surface area contributed by atoms with Crippen LogP contribution in [0, 0.1) is 0 Å². The van der Waals surface area contributed by atoms with E-state index in [1.165, 1.54) is 19.3 Å². The molecule has 0 aliphatic heterocycles. The average molecular weight is 420 g/mol. The van der Waals surface area contributed by atoms with Crippen LogP contribution in [0.15, 0.2) is 16.6 Å². The molecule has 5 heteroatoms. The van der Waals surface area contributed by atoms with E-state index < -0.39 is 0 Å². The van der Waals surface area contributed by atoms with Crippen LogP contribution in [0.1, 0.15) is 54.9 Å². The summed E-state index contributed by atoms with van der Waals surface area (Å²) in [6, 6.07) is 3.84. The molecule has 0 heterocycles. The molecule has 1 saturated carbocycles. The highest BCUT2D eigenvalue weighted by atomic mass is 79.9. The summed E-state index contributed by atoms with van der Waals surface area (Å²) in [4.78, 5) is 12.3. The average Bonchev–Trinajstić information content (AvgIpc) is 2.50. The van der Waals surface area contributed by atoms with Crippen LogP contribution in [0.25, 0.3) is 0 Å². The number of alkyl halides is 1. The zero-order valence-electron chi connectivity index (χ0n) is 12.2. The molecular weight excluding hydrogens is 400 g/mol. The molecule has 0 N–H and O–H groups in total. The van der Waals surface area contributed by atoms with E-state index in [0.29, 0.717) is 23.2 Å². The quantitative estimate of drug-likeness (QED) is 0.484. The molecule has 116 valence electrons. The third kappa shape index (κ3) is 4.22. The smallest absolute Gasteiger partial charge is 0.342 e. The molecule has 21 heavy (non-hydrogen) atoms. The highest BCUT2D eigenvalue weighted by Crippen LogP contribution is 2.36. The maximum Gasteiger partial charge on any atom is 0.342 e. The van der Waals surface area contributed by atoms with Gasteiger partial charge in [-0.15, -0.1) is 0 Å². The molecule has 0 aromatic heterocycles. The summed E-state index contributed by atoms with van der Waals surface area (Å²) in [7, 11) is 0. The van der Waals surface area contributed by atoms with Gasteiger partial charge in [0.1, 0.15) is 11.3 Å². The van der Waals surface area contributed by atoms with Gasteiger partial charge in [0.15, 0.2) is 0 Å². The summed E-state index contributed by atoms with van der Waals surface area (Å²) in [6.07, 6.45) is 5.94. The number of hydrogen-bond acceptors (Lipinski definition) is 3. The Kier molecular flexibility index (Phi) is 6.55. The number of halogens is 2. The monoisotopic (exact) mass is 418 g/mol. The minimum Gasteiger partial charge on any atom is -0.488 e. The van der Waals surface area contributed by atoms with Gasteiger partial charge >= 0.3 is 5.97 Å². The van der Waals surface area contributed by atoms with Crippen LogP contribution < -0.4 is 4.74 Å². The van der Waals surface area contributed by atoms with E-state index in [0.717, 1.165) is 22.9 Å². The number of ether oxygens (including phenoxy) is 2. The van der Waals surface area contributed by atoms with Gasteiger partial charge in [-0.2, -0.15) is 0 Å². The molecular formula is C16H20Br2O3. The first-order chi connectivity index (χ1) is 10.2. The van der Waals surface area contributed by atoms with Gasteiger partial charge in [0.2, 0.25) is 0 Å². The van der Waals surface area contributed by atoms with Gasteiger partial charge in [0.25, 0.3) is 0 Å². The molecule has 1 fully saturated rings. The van der Waals surface area contributed by atoms with Crippen molar-refractivity contribution in [2.75, 3.05) is 6.61 Å². The topological polar surface area (TPSA) is 35.5 Å². The van der Waals surface area contributed by atoms with E-state index >= 15 is 0 Å². The van der Waals surface area contributed by atoms with E-state index in [1.54, 1.807) is 0 Å². The fourth-order valence-corrected chi connectivity index (χ4v) is 3.49. The van der Waals surface area contributed by atoms with Crippen LogP contribution in [0.3, 0.4) is 0 Å². The molecule has 1 aromatic carbocycles. The van der Waals surface area contributed by atoms with Gasteiger partial charge in [-0.25, -0.2) is 4.79 Å². The first-order valence-electron chi connectivity index (χ1n) is 7.38. The van der Waals surface area contributed by atoms with E-state index in [2.05, 4.69) is 31.9 Å². The minimum absolute atomic E-state index is 0.189. The Balaban J connectivity index is 2.34. The molecule has 0 spiro atoms. The molecule has 1 aromatic rings. The zero-order valence-corrected chi connectivity index (χ0v) is 15.3. The molecule has 0 saturated heterocycles. The summed E-state index contributed by atoms with van der Waals surface area (Å²) < 4.78 is 12.2. The van der Waals surface area contributed by atoms with Gasteiger partial charge in [-0.1, -0.05) is 28.4 Å². The van der Waals surface area contributed by atoms with E-state index in [1.807, 2.05) is 19.1 Å². The molecule has 1 aliphatic rings. The Hall–Kier alpha value is -0.550. The summed E-state index contributed by atoms with van der Waals surface area (Å²) in [5.74, 6) is 0.302. The normalized spacial score (nSPS) is 15.8. The minimum atomic E-state index is -0.320. The maximum atomic E-state index is 12.3. The lowest BCUT2D eigenvalue weighted by Gasteiger charge is -2.25. The predicted molar refractivity (Wildman–Crippen MR) is 90.2 cm³/mol. The first-order valence-corrected chi connectivity index (χ1v) is 9.30. The van der Waals surface area contributed by atoms with Gasteiger partial charge in [0.05, 0.1) is 17.2 Å². The first kappa shape index (κ1) is 16.8. The number of benzene rings is 1. The standard InChI is InChI=1S/C16H20Br2O3/c1-2-20-16(19)14-11(10-17)8-9-13(18)15(14)21-12-6-4-3-5-7-12/h8-9,12H,2-7,10H2,1H3. The largest absolute Gasteiger partial charge is 0.488 e. The molecule has 0 amide bonds. The lowest BCUT2D eigenvalue weighted by molar-refractivity contribution is 0.0515. The van der Waals surface area contributed by atoms with Gasteiger partial charge < -0.3 is 9.47 Å². The van der Waals surface area contributed by atoms with Crippen molar-refractivity contribution < 1.29 is 14.3 Å². The molecule has 3 nitrogen and oxygen atoms in total. The third-order valence-corrected chi connectivity index (χ3v) is 4.88. The summed E-state index contributed by atoms with van der Waals surface area (Å²) >= 11 is 6.94. The SMILES string of the molecule is CCOC(=O)c1c(CBr)ccc(Br)c1OC1CCCCC1. The highest BCUT2D eigenvalue weighted by Gasteiger charge is 2.24. The number of hydrogen-bond donors (Lipinski definition) is 0. The van der Waals surface area contributed by atoms with Gasteiger partial charge in [0, 0.05) is 5.33 Å². The number of esters is 1. The number of carbonyl (C=O) groups excluding carboxylic acids is 1. The van der Waals surface area contributed by atoms with Crippen LogP contribution in [0.4, 0.5) is 0 Å². The Bertz CT molecular complexity index is 497. The molecule has 1 aliphatic carbocycles. The van der Waals surface area contributed by atoms with Crippen LogP contribution >= 0.6 is 31.9 Å². The number of carbonyl (C=O) groups is 1.